The monoisotopic (exact) mass is 511 g/mol. The molecule has 1 fully saturated rings. The Kier molecular flexibility index (Phi) is 6.14. The fourth-order valence-electron chi connectivity index (χ4n) is 4.58. The highest BCUT2D eigenvalue weighted by Crippen LogP contribution is 2.33. The summed E-state index contributed by atoms with van der Waals surface area (Å²) >= 11 is 6.23. The summed E-state index contributed by atoms with van der Waals surface area (Å²) < 4.78 is 13.2. The van der Waals surface area contributed by atoms with Crippen molar-refractivity contribution >= 4 is 34.0 Å². The molecule has 1 N–H and O–H groups in total. The predicted molar refractivity (Wildman–Crippen MR) is 147 cm³/mol. The Hall–Kier alpha value is -4.10. The van der Waals surface area contributed by atoms with Gasteiger partial charge in [-0.05, 0) is 79.9 Å². The first-order valence-corrected chi connectivity index (χ1v) is 12.6. The average Bonchev–Trinajstić information content (AvgIpc) is 2.90. The lowest BCUT2D eigenvalue weighted by Gasteiger charge is -2.23. The summed E-state index contributed by atoms with van der Waals surface area (Å²) in [5, 5.41) is 5.06. The number of pyridine rings is 1. The Labute approximate surface area is 219 Å². The third-order valence-electron chi connectivity index (χ3n) is 6.71. The quantitative estimate of drug-likeness (QED) is 0.267. The minimum Gasteiger partial charge on any atom is -0.497 e. The fourth-order valence-corrected chi connectivity index (χ4v) is 4.71. The highest BCUT2D eigenvalue weighted by Gasteiger charge is 2.20. The summed E-state index contributed by atoms with van der Waals surface area (Å²) in [6, 6.07) is 22.0. The Morgan fingerprint density at radius 2 is 1.81 bits per heavy atom. The van der Waals surface area contributed by atoms with E-state index in [1.165, 1.54) is 6.42 Å². The van der Waals surface area contributed by atoms with Crippen LogP contribution in [0.1, 0.15) is 19.3 Å². The molecule has 0 unspecified atom stereocenters. The maximum atomic E-state index is 6.23. The maximum absolute atomic E-state index is 6.23. The van der Waals surface area contributed by atoms with Gasteiger partial charge in [-0.3, -0.25) is 4.99 Å². The second-order valence-electron chi connectivity index (χ2n) is 9.04. The molecule has 0 atom stereocenters. The number of halogens is 1. The molecular weight excluding hydrogens is 486 g/mol. The molecule has 6 rings (SSSR count). The van der Waals surface area contributed by atoms with E-state index in [2.05, 4.69) is 27.0 Å². The van der Waals surface area contributed by atoms with Crippen LogP contribution < -0.4 is 20.1 Å². The lowest BCUT2D eigenvalue weighted by atomic mass is 9.94. The summed E-state index contributed by atoms with van der Waals surface area (Å²) in [6.07, 6.45) is 5.11. The number of hydrogen-bond acceptors (Lipinski definition) is 6. The van der Waals surface area contributed by atoms with Crippen LogP contribution in [-0.4, -0.2) is 34.8 Å². The fraction of sp³-hybridized carbons (Fsp3) is 0.207. The summed E-state index contributed by atoms with van der Waals surface area (Å²) in [5.41, 5.74) is 6.13. The number of benzene rings is 3. The van der Waals surface area contributed by atoms with E-state index in [-0.39, 0.29) is 0 Å². The van der Waals surface area contributed by atoms with Gasteiger partial charge in [0, 0.05) is 23.0 Å². The van der Waals surface area contributed by atoms with Crippen LogP contribution in [0.15, 0.2) is 77.9 Å². The molecule has 8 heteroatoms. The Bertz CT molecular complexity index is 1630. The van der Waals surface area contributed by atoms with Gasteiger partial charge in [-0.2, -0.15) is 0 Å². The van der Waals surface area contributed by atoms with Gasteiger partial charge in [-0.25, -0.2) is 9.97 Å². The van der Waals surface area contributed by atoms with Crippen molar-refractivity contribution in [3.8, 4) is 28.7 Å². The van der Waals surface area contributed by atoms with E-state index >= 15 is 0 Å². The molecule has 3 aliphatic rings. The van der Waals surface area contributed by atoms with E-state index in [0.717, 1.165) is 63.4 Å². The highest BCUT2D eigenvalue weighted by molar-refractivity contribution is 6.30. The number of nitrogens with zero attached hydrogens (tertiary/aromatic N) is 4. The van der Waals surface area contributed by atoms with Gasteiger partial charge < -0.3 is 19.4 Å². The molecule has 1 aliphatic heterocycles. The van der Waals surface area contributed by atoms with Gasteiger partial charge in [-0.1, -0.05) is 11.6 Å². The van der Waals surface area contributed by atoms with Crippen molar-refractivity contribution < 1.29 is 9.47 Å². The first-order chi connectivity index (χ1) is 18.1. The van der Waals surface area contributed by atoms with E-state index in [0.29, 0.717) is 16.9 Å². The van der Waals surface area contributed by atoms with Gasteiger partial charge >= 0.3 is 0 Å². The normalized spacial score (nSPS) is 14.1. The van der Waals surface area contributed by atoms with Gasteiger partial charge in [0.05, 0.1) is 53.7 Å². The van der Waals surface area contributed by atoms with Crippen LogP contribution in [0.4, 0.5) is 11.4 Å². The molecule has 0 radical (unpaired) electrons. The molecule has 186 valence electrons. The SMILES string of the molecule is COc1ccc2nc3cc(Nc4cccnc4OC)/c(=N/C4CCC4)cc-3n(-c3ccc(Cl)cc3)c2c1. The van der Waals surface area contributed by atoms with Crippen LogP contribution in [0.2, 0.25) is 5.02 Å². The predicted octanol–water partition coefficient (Wildman–Crippen LogP) is 6.39. The highest BCUT2D eigenvalue weighted by atomic mass is 35.5. The topological polar surface area (TPSA) is 73.6 Å². The number of ether oxygens (including phenoxy) is 2. The molecule has 3 aromatic rings. The smallest absolute Gasteiger partial charge is 0.237 e. The standard InChI is InChI=1S/C29H26ClN5O2/c1-36-21-12-13-22-27(15-21)35(20-10-8-18(30)9-11-20)28-17-25(32-19-5-3-6-19)24(16-26(28)33-22)34-23-7-4-14-31-29(23)37-2/h4,7-17,19,34H,3,5-6H2,1-2H3/b32-25+. The molecule has 0 amide bonds. The molecule has 37 heavy (non-hydrogen) atoms. The average molecular weight is 512 g/mol. The van der Waals surface area contributed by atoms with Crippen molar-refractivity contribution in [1.29, 1.82) is 0 Å². The summed E-state index contributed by atoms with van der Waals surface area (Å²) in [6.45, 7) is 0. The second-order valence-corrected chi connectivity index (χ2v) is 9.47. The van der Waals surface area contributed by atoms with Crippen molar-refractivity contribution in [3.05, 3.63) is 83.3 Å². The molecule has 1 saturated carbocycles. The van der Waals surface area contributed by atoms with E-state index in [1.54, 1.807) is 20.4 Å². The van der Waals surface area contributed by atoms with Crippen molar-refractivity contribution in [3.63, 3.8) is 0 Å². The molecule has 0 spiro atoms. The van der Waals surface area contributed by atoms with Crippen molar-refractivity contribution in [1.82, 2.24) is 14.5 Å². The number of methoxy groups -OCH3 is 2. The molecule has 2 aliphatic carbocycles. The molecular formula is C29H26ClN5O2. The summed E-state index contributed by atoms with van der Waals surface area (Å²) in [4.78, 5) is 14.5. The summed E-state index contributed by atoms with van der Waals surface area (Å²) in [5.74, 6) is 1.28. The first-order valence-electron chi connectivity index (χ1n) is 12.2. The third-order valence-corrected chi connectivity index (χ3v) is 6.97. The molecule has 2 aromatic carbocycles. The second kappa shape index (κ2) is 9.75. The lowest BCUT2D eigenvalue weighted by molar-refractivity contribution is 0.400. The van der Waals surface area contributed by atoms with Gasteiger partial charge in [0.1, 0.15) is 11.4 Å². The molecule has 7 nitrogen and oxygen atoms in total. The Morgan fingerprint density at radius 1 is 0.973 bits per heavy atom. The third kappa shape index (κ3) is 4.47. The van der Waals surface area contributed by atoms with Gasteiger partial charge in [0.2, 0.25) is 5.88 Å². The Balaban J connectivity index is 1.64. The number of fused-ring (bicyclic) bond motifs is 2. The van der Waals surface area contributed by atoms with Gasteiger partial charge in [0.25, 0.3) is 0 Å². The molecule has 1 aromatic heterocycles. The largest absolute Gasteiger partial charge is 0.497 e. The van der Waals surface area contributed by atoms with E-state index in [4.69, 9.17) is 31.1 Å². The number of hydrogen-bond donors (Lipinski definition) is 1. The van der Waals surface area contributed by atoms with Crippen LogP contribution in [0.25, 0.3) is 28.1 Å². The van der Waals surface area contributed by atoms with Crippen LogP contribution in [0, 0.1) is 0 Å². The van der Waals surface area contributed by atoms with Crippen molar-refractivity contribution in [2.45, 2.75) is 25.3 Å². The Morgan fingerprint density at radius 3 is 2.54 bits per heavy atom. The zero-order valence-electron chi connectivity index (χ0n) is 20.6. The number of anilines is 2. The van der Waals surface area contributed by atoms with Crippen LogP contribution in [0.3, 0.4) is 0 Å². The maximum Gasteiger partial charge on any atom is 0.237 e. The summed E-state index contributed by atoms with van der Waals surface area (Å²) in [7, 11) is 3.28. The minimum atomic E-state index is 0.311. The number of aromatic nitrogens is 3. The zero-order valence-corrected chi connectivity index (χ0v) is 21.4. The molecule has 0 bridgehead atoms. The van der Waals surface area contributed by atoms with E-state index in [9.17, 15) is 0 Å². The minimum absolute atomic E-state index is 0.311. The number of rotatable bonds is 6. The number of nitrogens with one attached hydrogen (secondary N) is 1. The van der Waals surface area contributed by atoms with E-state index < -0.39 is 0 Å². The first kappa shape index (κ1) is 23.3. The zero-order chi connectivity index (χ0) is 25.4. The van der Waals surface area contributed by atoms with Crippen LogP contribution in [0.5, 0.6) is 11.6 Å². The molecule has 0 saturated heterocycles. The van der Waals surface area contributed by atoms with Crippen molar-refractivity contribution in [2.75, 3.05) is 19.5 Å². The van der Waals surface area contributed by atoms with Gasteiger partial charge in [0.15, 0.2) is 0 Å². The van der Waals surface area contributed by atoms with Crippen molar-refractivity contribution in [2.24, 2.45) is 4.99 Å². The molecule has 2 heterocycles. The van der Waals surface area contributed by atoms with Crippen LogP contribution >= 0.6 is 11.6 Å². The van der Waals surface area contributed by atoms with Gasteiger partial charge in [-0.15, -0.1) is 0 Å². The lowest BCUT2D eigenvalue weighted by Crippen LogP contribution is -2.22. The van der Waals surface area contributed by atoms with E-state index in [1.807, 2.05) is 54.6 Å². The van der Waals surface area contributed by atoms with Crippen LogP contribution in [-0.2, 0) is 0 Å².